The molecule has 1 spiro atoms. The first-order valence-electron chi connectivity index (χ1n) is 5.23. The third kappa shape index (κ3) is 1.60. The van der Waals surface area contributed by atoms with E-state index in [9.17, 15) is 5.11 Å². The zero-order chi connectivity index (χ0) is 9.31. The van der Waals surface area contributed by atoms with Crippen LogP contribution in [-0.2, 0) is 4.74 Å². The zero-order valence-corrected chi connectivity index (χ0v) is 7.91. The molecule has 2 N–H and O–H groups in total. The van der Waals surface area contributed by atoms with Crippen LogP contribution in [0.15, 0.2) is 0 Å². The fourth-order valence-corrected chi connectivity index (χ4v) is 2.60. The van der Waals surface area contributed by atoms with Crippen molar-refractivity contribution in [2.75, 3.05) is 6.61 Å². The Hall–Kier alpha value is -0.120. The summed E-state index contributed by atoms with van der Waals surface area (Å²) in [4.78, 5) is 0. The van der Waals surface area contributed by atoms with Crippen molar-refractivity contribution in [1.29, 1.82) is 0 Å². The quantitative estimate of drug-likeness (QED) is 0.637. The van der Waals surface area contributed by atoms with Gasteiger partial charge in [-0.2, -0.15) is 0 Å². The first kappa shape index (κ1) is 9.44. The second kappa shape index (κ2) is 3.56. The lowest BCUT2D eigenvalue weighted by atomic mass is 9.80. The predicted molar refractivity (Wildman–Crippen MR) is 48.4 cm³/mol. The molecule has 0 unspecified atom stereocenters. The Bertz CT molecular complexity index is 183. The number of aliphatic hydroxyl groups is 2. The summed E-state index contributed by atoms with van der Waals surface area (Å²) < 4.78 is 5.75. The molecule has 0 amide bonds. The van der Waals surface area contributed by atoms with Crippen LogP contribution >= 0.6 is 0 Å². The minimum absolute atomic E-state index is 0.0345. The van der Waals surface area contributed by atoms with Crippen LogP contribution in [0.25, 0.3) is 0 Å². The van der Waals surface area contributed by atoms with Crippen molar-refractivity contribution in [2.45, 2.75) is 56.3 Å². The van der Waals surface area contributed by atoms with Crippen LogP contribution in [0.2, 0.25) is 0 Å². The van der Waals surface area contributed by atoms with Crippen LogP contribution in [0.5, 0.6) is 0 Å². The van der Waals surface area contributed by atoms with Crippen LogP contribution in [0.4, 0.5) is 0 Å². The van der Waals surface area contributed by atoms with E-state index >= 15 is 0 Å². The van der Waals surface area contributed by atoms with Crippen LogP contribution in [0, 0.1) is 0 Å². The Labute approximate surface area is 78.7 Å². The maximum absolute atomic E-state index is 9.87. The summed E-state index contributed by atoms with van der Waals surface area (Å²) in [6.45, 7) is 0.0917. The summed E-state index contributed by atoms with van der Waals surface area (Å²) in [5, 5.41) is 18.8. The number of hydrogen-bond donors (Lipinski definition) is 2. The van der Waals surface area contributed by atoms with Crippen molar-refractivity contribution in [3.63, 3.8) is 0 Å². The summed E-state index contributed by atoms with van der Waals surface area (Å²) >= 11 is 0. The standard InChI is InChI=1S/C10H18O3/c11-7-8-4-6-10(13-8)5-2-1-3-9(10)12/h8-9,11-12H,1-7H2/t8-,9+,10+/m1/s1. The van der Waals surface area contributed by atoms with E-state index in [0.717, 1.165) is 38.5 Å². The molecular weight excluding hydrogens is 168 g/mol. The number of aliphatic hydroxyl groups excluding tert-OH is 2. The smallest absolute Gasteiger partial charge is 0.0946 e. The van der Waals surface area contributed by atoms with Crippen molar-refractivity contribution in [2.24, 2.45) is 0 Å². The molecule has 2 rings (SSSR count). The molecule has 0 radical (unpaired) electrons. The van der Waals surface area contributed by atoms with Gasteiger partial charge in [0.05, 0.1) is 24.4 Å². The topological polar surface area (TPSA) is 49.7 Å². The third-order valence-corrected chi connectivity index (χ3v) is 3.43. The summed E-state index contributed by atoms with van der Waals surface area (Å²) in [5.41, 5.74) is -0.300. The van der Waals surface area contributed by atoms with Crippen molar-refractivity contribution in [1.82, 2.24) is 0 Å². The Morgan fingerprint density at radius 3 is 2.69 bits per heavy atom. The molecule has 1 aliphatic heterocycles. The van der Waals surface area contributed by atoms with E-state index in [2.05, 4.69) is 0 Å². The maximum atomic E-state index is 9.87. The minimum atomic E-state index is -0.308. The SMILES string of the molecule is OC[C@H]1CC[C@]2(CCCC[C@@H]2O)O1. The summed E-state index contributed by atoms with van der Waals surface area (Å²) in [5.74, 6) is 0. The number of rotatable bonds is 1. The summed E-state index contributed by atoms with van der Waals surface area (Å²) in [6, 6.07) is 0. The monoisotopic (exact) mass is 186 g/mol. The van der Waals surface area contributed by atoms with E-state index in [4.69, 9.17) is 9.84 Å². The average molecular weight is 186 g/mol. The van der Waals surface area contributed by atoms with Crippen LogP contribution in [-0.4, -0.2) is 34.6 Å². The van der Waals surface area contributed by atoms with Gasteiger partial charge in [0.1, 0.15) is 0 Å². The van der Waals surface area contributed by atoms with Crippen LogP contribution in [0.1, 0.15) is 38.5 Å². The van der Waals surface area contributed by atoms with Crippen molar-refractivity contribution >= 4 is 0 Å². The van der Waals surface area contributed by atoms with Gasteiger partial charge in [-0.05, 0) is 25.7 Å². The molecule has 76 valence electrons. The van der Waals surface area contributed by atoms with E-state index in [1.54, 1.807) is 0 Å². The lowest BCUT2D eigenvalue weighted by molar-refractivity contribution is -0.142. The first-order chi connectivity index (χ1) is 6.27. The molecule has 3 atom stereocenters. The van der Waals surface area contributed by atoms with Gasteiger partial charge in [-0.3, -0.25) is 0 Å². The fraction of sp³-hybridized carbons (Fsp3) is 1.00. The molecule has 0 bridgehead atoms. The molecule has 2 fully saturated rings. The van der Waals surface area contributed by atoms with Gasteiger partial charge in [0, 0.05) is 0 Å². The molecule has 0 aromatic carbocycles. The Balaban J connectivity index is 2.03. The fourth-order valence-electron chi connectivity index (χ4n) is 2.60. The van der Waals surface area contributed by atoms with Crippen molar-refractivity contribution in [3.8, 4) is 0 Å². The molecule has 3 nitrogen and oxygen atoms in total. The number of ether oxygens (including phenoxy) is 1. The molecule has 13 heavy (non-hydrogen) atoms. The lowest BCUT2D eigenvalue weighted by Crippen LogP contribution is -2.45. The molecule has 1 heterocycles. The minimum Gasteiger partial charge on any atom is -0.394 e. The van der Waals surface area contributed by atoms with Crippen molar-refractivity contribution in [3.05, 3.63) is 0 Å². The van der Waals surface area contributed by atoms with Gasteiger partial charge in [0.25, 0.3) is 0 Å². The molecule has 3 heteroatoms. The van der Waals surface area contributed by atoms with Gasteiger partial charge in [-0.1, -0.05) is 12.8 Å². The molecular formula is C10H18O3. The highest BCUT2D eigenvalue weighted by molar-refractivity contribution is 4.96. The highest BCUT2D eigenvalue weighted by Gasteiger charge is 2.46. The average Bonchev–Trinajstić information content (AvgIpc) is 2.56. The third-order valence-electron chi connectivity index (χ3n) is 3.43. The second-order valence-electron chi connectivity index (χ2n) is 4.29. The largest absolute Gasteiger partial charge is 0.394 e. The summed E-state index contributed by atoms with van der Waals surface area (Å²) in [6.07, 6.45) is 5.55. The van der Waals surface area contributed by atoms with E-state index < -0.39 is 0 Å². The van der Waals surface area contributed by atoms with Gasteiger partial charge in [-0.25, -0.2) is 0 Å². The van der Waals surface area contributed by atoms with Crippen LogP contribution < -0.4 is 0 Å². The zero-order valence-electron chi connectivity index (χ0n) is 7.91. The predicted octanol–water partition coefficient (Wildman–Crippen LogP) is 0.831. The second-order valence-corrected chi connectivity index (χ2v) is 4.29. The Kier molecular flexibility index (Phi) is 2.58. The van der Waals surface area contributed by atoms with Gasteiger partial charge >= 0.3 is 0 Å². The van der Waals surface area contributed by atoms with Gasteiger partial charge in [0.2, 0.25) is 0 Å². The van der Waals surface area contributed by atoms with E-state index in [-0.39, 0.29) is 24.4 Å². The summed E-state index contributed by atoms with van der Waals surface area (Å²) in [7, 11) is 0. The number of hydrogen-bond acceptors (Lipinski definition) is 3. The lowest BCUT2D eigenvalue weighted by Gasteiger charge is -2.37. The molecule has 2 aliphatic rings. The van der Waals surface area contributed by atoms with Crippen LogP contribution in [0.3, 0.4) is 0 Å². The maximum Gasteiger partial charge on any atom is 0.0946 e. The molecule has 1 saturated heterocycles. The Morgan fingerprint density at radius 2 is 2.08 bits per heavy atom. The Morgan fingerprint density at radius 1 is 1.23 bits per heavy atom. The van der Waals surface area contributed by atoms with Gasteiger partial charge in [0.15, 0.2) is 0 Å². The highest BCUT2D eigenvalue weighted by Crippen LogP contribution is 2.41. The van der Waals surface area contributed by atoms with Gasteiger partial charge in [-0.15, -0.1) is 0 Å². The van der Waals surface area contributed by atoms with E-state index in [0.29, 0.717) is 0 Å². The highest BCUT2D eigenvalue weighted by atomic mass is 16.5. The molecule has 0 aromatic rings. The van der Waals surface area contributed by atoms with Crippen molar-refractivity contribution < 1.29 is 14.9 Å². The van der Waals surface area contributed by atoms with Gasteiger partial charge < -0.3 is 14.9 Å². The molecule has 0 aromatic heterocycles. The molecule has 1 aliphatic carbocycles. The van der Waals surface area contributed by atoms with E-state index in [1.807, 2.05) is 0 Å². The molecule has 1 saturated carbocycles. The first-order valence-corrected chi connectivity index (χ1v) is 5.23. The normalized spacial score (nSPS) is 45.7. The van der Waals surface area contributed by atoms with E-state index in [1.165, 1.54) is 0 Å².